The zero-order valence-electron chi connectivity index (χ0n) is 15.0. The molecule has 0 aliphatic heterocycles. The molecule has 2 amide bonds. The Morgan fingerprint density at radius 3 is 2.28 bits per heavy atom. The van der Waals surface area contributed by atoms with Gasteiger partial charge in [0.25, 0.3) is 10.0 Å². The molecule has 0 fully saturated rings. The maximum Gasteiger partial charge on any atom is 0.252 e. The molecule has 1 aromatic rings. The summed E-state index contributed by atoms with van der Waals surface area (Å²) in [6.45, 7) is 7.09. The number of carbonyl (C=O) groups is 2. The van der Waals surface area contributed by atoms with Crippen LogP contribution in [0.2, 0.25) is 4.34 Å². The Kier molecular flexibility index (Phi) is 7.42. The highest BCUT2D eigenvalue weighted by molar-refractivity contribution is 7.91. The maximum atomic E-state index is 12.4. The standard InChI is InChI=1S/C15H24ClN3O4S2/c1-6-19(9-12(20)17-15(2,3)4)13(21)10-18(5)25(22,23)14-8-7-11(16)24-14/h7-8H,6,9-10H2,1-5H3,(H,17,20). The van der Waals surface area contributed by atoms with Gasteiger partial charge in [-0.05, 0) is 39.8 Å². The van der Waals surface area contributed by atoms with Crippen LogP contribution in [0.3, 0.4) is 0 Å². The molecule has 1 aromatic heterocycles. The number of nitrogens with one attached hydrogen (secondary N) is 1. The Bertz CT molecular complexity index is 725. The molecule has 142 valence electrons. The molecular weight excluding hydrogens is 386 g/mol. The second kappa shape index (κ2) is 8.48. The topological polar surface area (TPSA) is 86.8 Å². The summed E-state index contributed by atoms with van der Waals surface area (Å²) in [5.41, 5.74) is -0.405. The van der Waals surface area contributed by atoms with E-state index in [1.807, 2.05) is 20.8 Å². The fraction of sp³-hybridized carbons (Fsp3) is 0.600. The fourth-order valence-electron chi connectivity index (χ4n) is 1.97. The highest BCUT2D eigenvalue weighted by Crippen LogP contribution is 2.27. The lowest BCUT2D eigenvalue weighted by Crippen LogP contribution is -2.49. The lowest BCUT2D eigenvalue weighted by Gasteiger charge is -2.26. The summed E-state index contributed by atoms with van der Waals surface area (Å²) < 4.78 is 26.2. The number of nitrogens with zero attached hydrogens (tertiary/aromatic N) is 2. The summed E-state index contributed by atoms with van der Waals surface area (Å²) in [4.78, 5) is 25.7. The Hall–Kier alpha value is -1.16. The highest BCUT2D eigenvalue weighted by Gasteiger charge is 2.27. The number of hydrogen-bond donors (Lipinski definition) is 1. The minimum atomic E-state index is -3.79. The van der Waals surface area contributed by atoms with Gasteiger partial charge in [-0.3, -0.25) is 9.59 Å². The molecule has 0 spiro atoms. The predicted octanol–water partition coefficient (Wildman–Crippen LogP) is 1.79. The van der Waals surface area contributed by atoms with Crippen LogP contribution < -0.4 is 5.32 Å². The molecule has 0 atom stereocenters. The van der Waals surface area contributed by atoms with Crippen LogP contribution >= 0.6 is 22.9 Å². The summed E-state index contributed by atoms with van der Waals surface area (Å²) in [7, 11) is -2.47. The van der Waals surface area contributed by atoms with Gasteiger partial charge in [0, 0.05) is 19.1 Å². The average molecular weight is 410 g/mol. The van der Waals surface area contributed by atoms with Gasteiger partial charge in [-0.2, -0.15) is 4.31 Å². The van der Waals surface area contributed by atoms with Crippen molar-refractivity contribution in [2.45, 2.75) is 37.4 Å². The van der Waals surface area contributed by atoms with Crippen molar-refractivity contribution in [3.05, 3.63) is 16.5 Å². The molecule has 0 bridgehead atoms. The van der Waals surface area contributed by atoms with E-state index in [4.69, 9.17) is 11.6 Å². The van der Waals surface area contributed by atoms with Gasteiger partial charge in [0.15, 0.2) is 0 Å². The second-order valence-corrected chi connectivity index (χ2v) is 10.5. The molecule has 0 aliphatic carbocycles. The summed E-state index contributed by atoms with van der Waals surface area (Å²) in [6, 6.07) is 2.89. The van der Waals surface area contributed by atoms with Crippen LogP contribution in [-0.4, -0.2) is 61.7 Å². The summed E-state index contributed by atoms with van der Waals surface area (Å²) in [5.74, 6) is -0.737. The van der Waals surface area contributed by atoms with E-state index in [2.05, 4.69) is 5.32 Å². The van der Waals surface area contributed by atoms with Crippen LogP contribution in [0.25, 0.3) is 0 Å². The van der Waals surface area contributed by atoms with Gasteiger partial charge in [0.1, 0.15) is 4.21 Å². The van der Waals surface area contributed by atoms with Gasteiger partial charge in [-0.25, -0.2) is 8.42 Å². The normalized spacial score (nSPS) is 12.3. The third kappa shape index (κ3) is 6.58. The smallest absolute Gasteiger partial charge is 0.252 e. The second-order valence-electron chi connectivity index (χ2n) is 6.53. The van der Waals surface area contributed by atoms with Crippen molar-refractivity contribution in [3.8, 4) is 0 Å². The van der Waals surface area contributed by atoms with Crippen molar-refractivity contribution < 1.29 is 18.0 Å². The summed E-state index contributed by atoms with van der Waals surface area (Å²) >= 11 is 6.70. The van der Waals surface area contributed by atoms with Crippen molar-refractivity contribution in [2.24, 2.45) is 0 Å². The number of carbonyl (C=O) groups excluding carboxylic acids is 2. The average Bonchev–Trinajstić information content (AvgIpc) is 2.89. The third-order valence-corrected chi connectivity index (χ3v) is 6.66. The molecule has 10 heteroatoms. The lowest BCUT2D eigenvalue weighted by atomic mass is 10.1. The van der Waals surface area contributed by atoms with Gasteiger partial charge in [-0.15, -0.1) is 11.3 Å². The third-order valence-electron chi connectivity index (χ3n) is 3.15. The van der Waals surface area contributed by atoms with Crippen LogP contribution in [-0.2, 0) is 19.6 Å². The lowest BCUT2D eigenvalue weighted by molar-refractivity contribution is -0.136. The van der Waals surface area contributed by atoms with Crippen molar-refractivity contribution in [1.82, 2.24) is 14.5 Å². The molecule has 1 rings (SSSR count). The minimum absolute atomic E-state index is 0.0707. The Balaban J connectivity index is 2.76. The largest absolute Gasteiger partial charge is 0.350 e. The number of halogens is 1. The Morgan fingerprint density at radius 2 is 1.84 bits per heavy atom. The van der Waals surface area contributed by atoms with Crippen LogP contribution in [0.1, 0.15) is 27.7 Å². The van der Waals surface area contributed by atoms with Crippen LogP contribution in [0.15, 0.2) is 16.3 Å². The van der Waals surface area contributed by atoms with Gasteiger partial charge >= 0.3 is 0 Å². The highest BCUT2D eigenvalue weighted by atomic mass is 35.5. The molecule has 0 saturated heterocycles. The molecule has 25 heavy (non-hydrogen) atoms. The quantitative estimate of drug-likeness (QED) is 0.743. The summed E-state index contributed by atoms with van der Waals surface area (Å²) in [6.07, 6.45) is 0. The first-order valence-corrected chi connectivity index (χ1v) is 10.3. The molecule has 0 aromatic carbocycles. The summed E-state index contributed by atoms with van der Waals surface area (Å²) in [5, 5.41) is 2.77. The number of rotatable bonds is 7. The molecule has 1 heterocycles. The molecule has 1 N–H and O–H groups in total. The zero-order valence-corrected chi connectivity index (χ0v) is 17.4. The van der Waals surface area contributed by atoms with Crippen LogP contribution in [0.5, 0.6) is 0 Å². The first kappa shape index (κ1) is 21.9. The maximum absolute atomic E-state index is 12.4. The zero-order chi connectivity index (χ0) is 19.4. The Labute approximate surface area is 158 Å². The van der Waals surface area contributed by atoms with Gasteiger partial charge in [-0.1, -0.05) is 11.6 Å². The fourth-order valence-corrected chi connectivity index (χ4v) is 4.79. The van der Waals surface area contributed by atoms with E-state index in [1.165, 1.54) is 24.1 Å². The van der Waals surface area contributed by atoms with E-state index in [0.29, 0.717) is 10.9 Å². The van der Waals surface area contributed by atoms with Crippen LogP contribution in [0.4, 0.5) is 0 Å². The van der Waals surface area contributed by atoms with Crippen molar-refractivity contribution in [2.75, 3.05) is 26.7 Å². The Morgan fingerprint density at radius 1 is 1.24 bits per heavy atom. The van der Waals surface area contributed by atoms with Crippen molar-refractivity contribution in [3.63, 3.8) is 0 Å². The van der Waals surface area contributed by atoms with E-state index < -0.39 is 21.5 Å². The molecule has 0 radical (unpaired) electrons. The molecule has 0 aliphatic rings. The first-order chi connectivity index (χ1) is 11.4. The number of likely N-dealkylation sites (N-methyl/N-ethyl adjacent to an activating group) is 2. The molecule has 0 unspecified atom stereocenters. The van der Waals surface area contributed by atoms with E-state index in [9.17, 15) is 18.0 Å². The van der Waals surface area contributed by atoms with Crippen LogP contribution in [0, 0.1) is 0 Å². The van der Waals surface area contributed by atoms with Gasteiger partial charge < -0.3 is 10.2 Å². The van der Waals surface area contributed by atoms with E-state index in [0.717, 1.165) is 15.6 Å². The predicted molar refractivity (Wildman–Crippen MR) is 99.3 cm³/mol. The number of thiophene rings is 1. The number of hydrogen-bond acceptors (Lipinski definition) is 5. The molecular formula is C15H24ClN3O4S2. The van der Waals surface area contributed by atoms with E-state index >= 15 is 0 Å². The van der Waals surface area contributed by atoms with Gasteiger partial charge in [0.2, 0.25) is 11.8 Å². The van der Waals surface area contributed by atoms with E-state index in [1.54, 1.807) is 6.92 Å². The first-order valence-electron chi connectivity index (χ1n) is 7.67. The number of amides is 2. The SMILES string of the molecule is CCN(CC(=O)NC(C)(C)C)C(=O)CN(C)S(=O)(=O)c1ccc(Cl)s1. The molecule has 7 nitrogen and oxygen atoms in total. The molecule has 0 saturated carbocycles. The van der Waals surface area contributed by atoms with E-state index in [-0.39, 0.29) is 23.2 Å². The van der Waals surface area contributed by atoms with Crippen molar-refractivity contribution in [1.29, 1.82) is 0 Å². The van der Waals surface area contributed by atoms with Crippen molar-refractivity contribution >= 4 is 44.8 Å². The van der Waals surface area contributed by atoms with Gasteiger partial charge in [0.05, 0.1) is 17.4 Å². The minimum Gasteiger partial charge on any atom is -0.350 e. The number of sulfonamides is 1. The monoisotopic (exact) mass is 409 g/mol.